The molecule has 5 atom stereocenters. The lowest BCUT2D eigenvalue weighted by Crippen LogP contribution is -2.39. The summed E-state index contributed by atoms with van der Waals surface area (Å²) in [5.41, 5.74) is 4.93. The summed E-state index contributed by atoms with van der Waals surface area (Å²) in [7, 11) is 0. The van der Waals surface area contributed by atoms with Crippen molar-refractivity contribution in [3.8, 4) is 0 Å². The largest absolute Gasteiger partial charge is 0.299 e. The van der Waals surface area contributed by atoms with Gasteiger partial charge >= 0.3 is 0 Å². The quantitative estimate of drug-likeness (QED) is 0.365. The third kappa shape index (κ3) is 4.00. The fourth-order valence-corrected chi connectivity index (χ4v) is 6.90. The molecule has 3 fully saturated rings. The Balaban J connectivity index is 1.85. The highest BCUT2D eigenvalue weighted by Crippen LogP contribution is 2.62. The fourth-order valence-electron chi connectivity index (χ4n) is 6.90. The molecule has 3 saturated carbocycles. The molecule has 28 heavy (non-hydrogen) atoms. The van der Waals surface area contributed by atoms with Crippen LogP contribution in [0.25, 0.3) is 0 Å². The Labute approximate surface area is 173 Å². The van der Waals surface area contributed by atoms with Gasteiger partial charge in [0.15, 0.2) is 0 Å². The first kappa shape index (κ1) is 21.3. The van der Waals surface area contributed by atoms with Crippen LogP contribution in [0, 0.1) is 34.5 Å². The van der Waals surface area contributed by atoms with Crippen LogP contribution in [0.1, 0.15) is 79.6 Å². The van der Waals surface area contributed by atoms with Crippen LogP contribution in [0.15, 0.2) is 47.6 Å². The molecule has 1 nitrogen and oxygen atoms in total. The van der Waals surface area contributed by atoms with E-state index in [-0.39, 0.29) is 5.41 Å². The highest BCUT2D eigenvalue weighted by atomic mass is 16.1. The van der Waals surface area contributed by atoms with Gasteiger partial charge in [-0.3, -0.25) is 4.79 Å². The summed E-state index contributed by atoms with van der Waals surface area (Å²) < 4.78 is 0. The molecule has 0 aliphatic heterocycles. The smallest absolute Gasteiger partial charge is 0.142 e. The zero-order valence-electron chi connectivity index (χ0n) is 18.8. The molecular weight excluding hydrogens is 340 g/mol. The molecule has 0 saturated heterocycles. The van der Waals surface area contributed by atoms with Crippen molar-refractivity contribution in [2.75, 3.05) is 0 Å². The van der Waals surface area contributed by atoms with Crippen LogP contribution in [-0.2, 0) is 4.79 Å². The molecule has 2 unspecified atom stereocenters. The van der Waals surface area contributed by atoms with Crippen molar-refractivity contribution in [3.63, 3.8) is 0 Å². The Morgan fingerprint density at radius 2 is 1.93 bits per heavy atom. The maximum atomic E-state index is 10.9. The molecule has 0 bridgehead atoms. The van der Waals surface area contributed by atoms with Crippen LogP contribution < -0.4 is 0 Å². The van der Waals surface area contributed by atoms with Crippen LogP contribution in [0.5, 0.6) is 0 Å². The first-order chi connectivity index (χ1) is 13.2. The molecule has 0 aromatic carbocycles. The van der Waals surface area contributed by atoms with E-state index in [4.69, 9.17) is 0 Å². The van der Waals surface area contributed by atoms with Crippen LogP contribution in [0.3, 0.4) is 0 Å². The molecule has 0 heterocycles. The van der Waals surface area contributed by atoms with Crippen LogP contribution >= 0.6 is 0 Å². The Kier molecular flexibility index (Phi) is 6.23. The van der Waals surface area contributed by atoms with E-state index in [9.17, 15) is 4.79 Å². The molecule has 0 radical (unpaired) electrons. The normalized spacial score (nSPS) is 39.7. The number of hydrogen-bond donors (Lipinski definition) is 0. The summed E-state index contributed by atoms with van der Waals surface area (Å²) in [5, 5.41) is 0. The second-order valence-electron chi connectivity index (χ2n) is 10.8. The standard InChI is InChI=1S/C27H40O/c1-19-17-20(2)21(3)23(18-19)11-10-22-9-7-15-27(6)24(22)12-13-25(27)26(4,5)14-8-16-28/h8,10-11,14,16,19-20,24-25H,3,7,9,12-13,15,17-18H2,1-2,4-6H3/b14-8+,22-10+,23-11-/t19-,20-,24?,25?,27-/m0/s1. The highest BCUT2D eigenvalue weighted by molar-refractivity contribution is 5.64. The molecule has 0 spiro atoms. The van der Waals surface area contributed by atoms with E-state index < -0.39 is 0 Å². The van der Waals surface area contributed by atoms with E-state index in [1.54, 1.807) is 11.6 Å². The maximum Gasteiger partial charge on any atom is 0.142 e. The van der Waals surface area contributed by atoms with Gasteiger partial charge in [0.1, 0.15) is 6.29 Å². The van der Waals surface area contributed by atoms with Crippen molar-refractivity contribution in [1.29, 1.82) is 0 Å². The average Bonchev–Trinajstić information content (AvgIpc) is 3.00. The maximum absolute atomic E-state index is 10.9. The molecule has 3 aliphatic carbocycles. The topological polar surface area (TPSA) is 17.1 Å². The van der Waals surface area contributed by atoms with E-state index in [2.05, 4.69) is 59.4 Å². The molecule has 0 amide bonds. The minimum absolute atomic E-state index is 0.0772. The van der Waals surface area contributed by atoms with Crippen molar-refractivity contribution < 1.29 is 4.79 Å². The summed E-state index contributed by atoms with van der Waals surface area (Å²) in [5.74, 6) is 2.72. The molecule has 3 rings (SSSR count). The van der Waals surface area contributed by atoms with Crippen LogP contribution in [-0.4, -0.2) is 6.29 Å². The van der Waals surface area contributed by atoms with Gasteiger partial charge < -0.3 is 0 Å². The fraction of sp³-hybridized carbons (Fsp3) is 0.667. The Bertz CT molecular complexity index is 704. The van der Waals surface area contributed by atoms with Crippen molar-refractivity contribution in [3.05, 3.63) is 47.6 Å². The molecule has 0 aromatic rings. The molecule has 154 valence electrons. The van der Waals surface area contributed by atoms with Crippen LogP contribution in [0.2, 0.25) is 0 Å². The predicted molar refractivity (Wildman–Crippen MR) is 120 cm³/mol. The van der Waals surface area contributed by atoms with E-state index in [1.807, 2.05) is 0 Å². The molecule has 1 heteroatoms. The van der Waals surface area contributed by atoms with E-state index >= 15 is 0 Å². The van der Waals surface area contributed by atoms with Gasteiger partial charge in [0.2, 0.25) is 0 Å². The van der Waals surface area contributed by atoms with E-state index in [1.165, 1.54) is 56.1 Å². The van der Waals surface area contributed by atoms with Gasteiger partial charge in [0.25, 0.3) is 0 Å². The highest BCUT2D eigenvalue weighted by Gasteiger charge is 2.53. The Morgan fingerprint density at radius 3 is 2.64 bits per heavy atom. The number of fused-ring (bicyclic) bond motifs is 1. The van der Waals surface area contributed by atoms with Crippen molar-refractivity contribution in [2.45, 2.75) is 79.6 Å². The lowest BCUT2D eigenvalue weighted by atomic mass is 9.57. The SMILES string of the molecule is C=C1/C(=C\C=C2/CCC[C@@]3(C)C2CCC3C(C)(C)/C=C/C=O)C[C@@H](C)C[C@@H]1C. The Morgan fingerprint density at radius 1 is 1.18 bits per heavy atom. The number of carbonyl (C=O) groups excluding carboxylic acids is 1. The average molecular weight is 381 g/mol. The lowest BCUT2D eigenvalue weighted by Gasteiger charge is -2.47. The van der Waals surface area contributed by atoms with Gasteiger partial charge in [-0.1, -0.05) is 65.0 Å². The number of aldehydes is 1. The van der Waals surface area contributed by atoms with Crippen LogP contribution in [0.4, 0.5) is 0 Å². The van der Waals surface area contributed by atoms with Gasteiger partial charge in [-0.05, 0) is 96.7 Å². The second-order valence-corrected chi connectivity index (χ2v) is 10.8. The Hall–Kier alpha value is -1.37. The summed E-state index contributed by atoms with van der Waals surface area (Å²) in [6.07, 6.45) is 18.5. The van der Waals surface area contributed by atoms with Crippen molar-refractivity contribution in [2.24, 2.45) is 34.5 Å². The minimum atomic E-state index is 0.0772. The van der Waals surface area contributed by atoms with Gasteiger partial charge in [-0.15, -0.1) is 0 Å². The summed E-state index contributed by atoms with van der Waals surface area (Å²) >= 11 is 0. The summed E-state index contributed by atoms with van der Waals surface area (Å²) in [6.45, 7) is 16.3. The van der Waals surface area contributed by atoms with Gasteiger partial charge in [0.05, 0.1) is 0 Å². The zero-order valence-corrected chi connectivity index (χ0v) is 18.8. The molecular formula is C27H40O. The number of rotatable bonds is 4. The van der Waals surface area contributed by atoms with Gasteiger partial charge in [-0.2, -0.15) is 0 Å². The lowest BCUT2D eigenvalue weighted by molar-refractivity contribution is -0.104. The van der Waals surface area contributed by atoms with Crippen molar-refractivity contribution in [1.82, 2.24) is 0 Å². The molecule has 0 aromatic heterocycles. The summed E-state index contributed by atoms with van der Waals surface area (Å²) in [6, 6.07) is 0. The van der Waals surface area contributed by atoms with E-state index in [0.29, 0.717) is 23.2 Å². The third-order valence-corrected chi connectivity index (χ3v) is 8.30. The number of allylic oxidation sites excluding steroid dienone is 7. The summed E-state index contributed by atoms with van der Waals surface area (Å²) in [4.78, 5) is 10.9. The molecule has 3 aliphatic rings. The monoisotopic (exact) mass is 380 g/mol. The van der Waals surface area contributed by atoms with E-state index in [0.717, 1.165) is 12.2 Å². The van der Waals surface area contributed by atoms with Gasteiger partial charge in [-0.25, -0.2) is 0 Å². The van der Waals surface area contributed by atoms with Crippen molar-refractivity contribution >= 4 is 6.29 Å². The zero-order chi connectivity index (χ0) is 20.5. The first-order valence-corrected chi connectivity index (χ1v) is 11.4. The number of carbonyl (C=O) groups is 1. The number of hydrogen-bond acceptors (Lipinski definition) is 1. The third-order valence-electron chi connectivity index (χ3n) is 8.30. The predicted octanol–water partition coefficient (Wildman–Crippen LogP) is 7.46. The second kappa shape index (κ2) is 8.17. The van der Waals surface area contributed by atoms with Gasteiger partial charge in [0, 0.05) is 0 Å². The minimum Gasteiger partial charge on any atom is -0.299 e. The first-order valence-electron chi connectivity index (χ1n) is 11.4. The molecule has 0 N–H and O–H groups in total.